The van der Waals surface area contributed by atoms with Gasteiger partial charge in [0.25, 0.3) is 0 Å². The van der Waals surface area contributed by atoms with E-state index < -0.39 is 0 Å². The molecule has 7 nitrogen and oxygen atoms in total. The van der Waals surface area contributed by atoms with Gasteiger partial charge in [0.15, 0.2) is 11.5 Å². The number of rotatable bonds is 4. The Morgan fingerprint density at radius 3 is 2.68 bits per heavy atom. The number of carbonyl (C=O) groups excluding carboxylic acids is 1. The van der Waals surface area contributed by atoms with Crippen LogP contribution in [0.3, 0.4) is 0 Å². The van der Waals surface area contributed by atoms with Crippen molar-refractivity contribution < 1.29 is 14.3 Å². The molecule has 0 radical (unpaired) electrons. The molecule has 2 bridgehead atoms. The van der Waals surface area contributed by atoms with E-state index >= 15 is 0 Å². The zero-order valence-corrected chi connectivity index (χ0v) is 18.9. The highest BCUT2D eigenvalue weighted by Gasteiger charge is 2.41. The van der Waals surface area contributed by atoms with Crippen molar-refractivity contribution in [2.75, 3.05) is 19.8 Å². The lowest BCUT2D eigenvalue weighted by atomic mass is 9.88. The van der Waals surface area contributed by atoms with E-state index in [1.54, 1.807) is 0 Å². The van der Waals surface area contributed by atoms with Crippen LogP contribution in [0.4, 0.5) is 0 Å². The van der Waals surface area contributed by atoms with Crippen LogP contribution in [-0.2, 0) is 11.2 Å². The standard InChI is InChI=1S/C24H34N4O3/c1-24(2,3)27-21(29)14-28-16-5-6-17(28)12-15(11-16)13-20-25-18-7-8-19-23(22(18)26-20)31-10-4-9-30-19/h7-8,15-17H,4-6,9-14H2,1-3H3,(H,25,26)(H,27,29)/t15?,16-,17+. The molecule has 0 spiro atoms. The third-order valence-corrected chi connectivity index (χ3v) is 6.72. The number of amides is 1. The SMILES string of the molecule is CC(C)(C)NC(=O)CN1[C@@H]2CC[C@H]1CC(Cc1nc3c4c(ccc3[nH]1)OCCCO4)C2. The molecule has 2 saturated heterocycles. The number of nitrogens with zero attached hydrogens (tertiary/aromatic N) is 2. The number of aromatic nitrogens is 2. The highest BCUT2D eigenvalue weighted by atomic mass is 16.5. The van der Waals surface area contributed by atoms with Gasteiger partial charge in [0.2, 0.25) is 5.91 Å². The van der Waals surface area contributed by atoms with E-state index in [9.17, 15) is 4.79 Å². The molecule has 2 aromatic rings. The van der Waals surface area contributed by atoms with Gasteiger partial charge in [-0.15, -0.1) is 0 Å². The molecule has 0 aliphatic carbocycles. The summed E-state index contributed by atoms with van der Waals surface area (Å²) in [5.41, 5.74) is 1.72. The number of ether oxygens (including phenoxy) is 2. The number of piperidine rings is 1. The molecular weight excluding hydrogens is 392 g/mol. The number of hydrogen-bond donors (Lipinski definition) is 2. The smallest absolute Gasteiger partial charge is 0.234 e. The highest BCUT2D eigenvalue weighted by Crippen LogP contribution is 2.40. The molecule has 1 aromatic heterocycles. The topological polar surface area (TPSA) is 79.5 Å². The van der Waals surface area contributed by atoms with Gasteiger partial charge in [-0.05, 0) is 64.5 Å². The molecule has 31 heavy (non-hydrogen) atoms. The molecule has 168 valence electrons. The van der Waals surface area contributed by atoms with Crippen molar-refractivity contribution in [2.24, 2.45) is 5.92 Å². The largest absolute Gasteiger partial charge is 0.489 e. The molecule has 1 aromatic carbocycles. The predicted molar refractivity (Wildman–Crippen MR) is 120 cm³/mol. The molecule has 2 fully saturated rings. The molecule has 0 saturated carbocycles. The maximum absolute atomic E-state index is 12.5. The number of carbonyl (C=O) groups is 1. The second-order valence-corrected chi connectivity index (χ2v) is 10.4. The van der Waals surface area contributed by atoms with Crippen molar-refractivity contribution in [1.82, 2.24) is 20.2 Å². The average molecular weight is 427 g/mol. The lowest BCUT2D eigenvalue weighted by molar-refractivity contribution is -0.125. The van der Waals surface area contributed by atoms with Crippen LogP contribution in [0.2, 0.25) is 0 Å². The first kappa shape index (κ1) is 20.6. The first-order valence-electron chi connectivity index (χ1n) is 11.7. The Morgan fingerprint density at radius 1 is 1.19 bits per heavy atom. The Morgan fingerprint density at radius 2 is 1.94 bits per heavy atom. The number of H-pyrrole nitrogens is 1. The van der Waals surface area contributed by atoms with Crippen LogP contribution in [0.25, 0.3) is 11.0 Å². The van der Waals surface area contributed by atoms with E-state index in [0.717, 1.165) is 54.0 Å². The van der Waals surface area contributed by atoms with Crippen molar-refractivity contribution in [3.05, 3.63) is 18.0 Å². The molecule has 1 amide bonds. The van der Waals surface area contributed by atoms with E-state index in [2.05, 4.69) is 15.2 Å². The fraction of sp³-hybridized carbons (Fsp3) is 0.667. The monoisotopic (exact) mass is 426 g/mol. The molecule has 3 aliphatic heterocycles. The van der Waals surface area contributed by atoms with Gasteiger partial charge >= 0.3 is 0 Å². The molecule has 1 unspecified atom stereocenters. The second-order valence-electron chi connectivity index (χ2n) is 10.4. The Labute approximate surface area is 183 Å². The van der Waals surface area contributed by atoms with Gasteiger partial charge in [-0.25, -0.2) is 4.98 Å². The summed E-state index contributed by atoms with van der Waals surface area (Å²) < 4.78 is 11.8. The molecule has 5 rings (SSSR count). The normalized spacial score (nSPS) is 26.1. The summed E-state index contributed by atoms with van der Waals surface area (Å²) >= 11 is 0. The lowest BCUT2D eigenvalue weighted by Gasteiger charge is -2.38. The highest BCUT2D eigenvalue weighted by molar-refractivity contribution is 5.85. The Bertz CT molecular complexity index is 950. The number of nitrogens with one attached hydrogen (secondary N) is 2. The summed E-state index contributed by atoms with van der Waals surface area (Å²) in [4.78, 5) is 23.3. The molecule has 7 heteroatoms. The Kier molecular flexibility index (Phi) is 5.32. The minimum absolute atomic E-state index is 0.142. The van der Waals surface area contributed by atoms with E-state index in [1.807, 2.05) is 32.9 Å². The number of fused-ring (bicyclic) bond motifs is 5. The second kappa shape index (κ2) is 8.01. The average Bonchev–Trinajstić information content (AvgIpc) is 3.06. The van der Waals surface area contributed by atoms with E-state index in [0.29, 0.717) is 37.8 Å². The van der Waals surface area contributed by atoms with Crippen LogP contribution in [0, 0.1) is 5.92 Å². The van der Waals surface area contributed by atoms with Gasteiger partial charge in [0.05, 0.1) is 25.3 Å². The van der Waals surface area contributed by atoms with E-state index in [1.165, 1.54) is 12.8 Å². The van der Waals surface area contributed by atoms with Crippen molar-refractivity contribution in [3.63, 3.8) is 0 Å². The zero-order valence-electron chi connectivity index (χ0n) is 18.9. The minimum Gasteiger partial charge on any atom is -0.489 e. The van der Waals surface area contributed by atoms with Crippen LogP contribution < -0.4 is 14.8 Å². The molecular formula is C24H34N4O3. The van der Waals surface area contributed by atoms with E-state index in [4.69, 9.17) is 14.5 Å². The van der Waals surface area contributed by atoms with Gasteiger partial charge in [0.1, 0.15) is 11.3 Å². The van der Waals surface area contributed by atoms with Crippen molar-refractivity contribution in [2.45, 2.75) is 76.9 Å². The summed E-state index contributed by atoms with van der Waals surface area (Å²) in [5, 5.41) is 3.11. The maximum Gasteiger partial charge on any atom is 0.234 e. The van der Waals surface area contributed by atoms with Gasteiger partial charge in [-0.2, -0.15) is 0 Å². The third kappa shape index (κ3) is 4.38. The number of benzene rings is 1. The summed E-state index contributed by atoms with van der Waals surface area (Å²) in [6.07, 6.45) is 6.50. The van der Waals surface area contributed by atoms with Crippen LogP contribution in [-0.4, -0.2) is 58.2 Å². The van der Waals surface area contributed by atoms with Crippen molar-refractivity contribution >= 4 is 16.9 Å². The summed E-state index contributed by atoms with van der Waals surface area (Å²) in [6.45, 7) is 7.98. The van der Waals surface area contributed by atoms with Gasteiger partial charge < -0.3 is 19.8 Å². The zero-order chi connectivity index (χ0) is 21.6. The van der Waals surface area contributed by atoms with Crippen molar-refractivity contribution in [3.8, 4) is 11.5 Å². The summed E-state index contributed by atoms with van der Waals surface area (Å²) in [7, 11) is 0. The van der Waals surface area contributed by atoms with Crippen LogP contribution in [0.15, 0.2) is 12.1 Å². The molecule has 2 N–H and O–H groups in total. The first-order valence-corrected chi connectivity index (χ1v) is 11.7. The number of imidazole rings is 1. The maximum atomic E-state index is 12.5. The fourth-order valence-electron chi connectivity index (χ4n) is 5.56. The minimum atomic E-state index is -0.178. The molecule has 3 atom stereocenters. The first-order chi connectivity index (χ1) is 14.9. The van der Waals surface area contributed by atoms with Crippen LogP contribution in [0.5, 0.6) is 11.5 Å². The summed E-state index contributed by atoms with van der Waals surface area (Å²) in [5.74, 6) is 3.33. The number of hydrogen-bond acceptors (Lipinski definition) is 5. The quantitative estimate of drug-likeness (QED) is 0.783. The Hall–Kier alpha value is -2.28. The van der Waals surface area contributed by atoms with Crippen molar-refractivity contribution in [1.29, 1.82) is 0 Å². The summed E-state index contributed by atoms with van der Waals surface area (Å²) in [6, 6.07) is 5.03. The van der Waals surface area contributed by atoms with Crippen LogP contribution >= 0.6 is 0 Å². The third-order valence-electron chi connectivity index (χ3n) is 6.72. The lowest BCUT2D eigenvalue weighted by Crippen LogP contribution is -2.51. The van der Waals surface area contributed by atoms with Gasteiger partial charge in [-0.3, -0.25) is 9.69 Å². The van der Waals surface area contributed by atoms with E-state index in [-0.39, 0.29) is 11.4 Å². The molecule has 3 aliphatic rings. The van der Waals surface area contributed by atoms with Crippen LogP contribution in [0.1, 0.15) is 58.7 Å². The van der Waals surface area contributed by atoms with Gasteiger partial charge in [-0.1, -0.05) is 0 Å². The van der Waals surface area contributed by atoms with Gasteiger partial charge in [0, 0.05) is 30.5 Å². The number of aromatic amines is 1. The Balaban J connectivity index is 1.26. The fourth-order valence-corrected chi connectivity index (χ4v) is 5.56. The molecule has 4 heterocycles. The predicted octanol–water partition coefficient (Wildman–Crippen LogP) is 3.42.